The first-order valence-corrected chi connectivity index (χ1v) is 5.98. The fourth-order valence-corrected chi connectivity index (χ4v) is 2.25. The third-order valence-electron chi connectivity index (χ3n) is 2.04. The molecule has 17 heavy (non-hydrogen) atoms. The van der Waals surface area contributed by atoms with Gasteiger partial charge in [-0.3, -0.25) is 4.79 Å². The van der Waals surface area contributed by atoms with Gasteiger partial charge in [0.25, 0.3) is 5.91 Å². The number of amides is 1. The van der Waals surface area contributed by atoms with Crippen LogP contribution in [0.3, 0.4) is 0 Å². The molecule has 0 saturated heterocycles. The van der Waals surface area contributed by atoms with E-state index in [1.54, 1.807) is 6.07 Å². The number of halogens is 2. The molecule has 0 aliphatic carbocycles. The molecule has 0 aliphatic rings. The number of pyridine rings is 1. The standard InChI is InChI=1S/C11H8ClFN2OS/c12-9-3-2-8(17-9)6-15-11(16)7-1-4-10(13)14-5-7/h1-5H,6H2,(H,15,16). The first kappa shape index (κ1) is 12.0. The Morgan fingerprint density at radius 2 is 2.24 bits per heavy atom. The molecule has 0 fully saturated rings. The fraction of sp³-hybridized carbons (Fsp3) is 0.0909. The molecule has 0 radical (unpaired) electrons. The zero-order chi connectivity index (χ0) is 12.3. The summed E-state index contributed by atoms with van der Waals surface area (Å²) in [6.45, 7) is 0.396. The van der Waals surface area contributed by atoms with Crippen LogP contribution in [0, 0.1) is 5.95 Å². The van der Waals surface area contributed by atoms with Crippen molar-refractivity contribution in [1.82, 2.24) is 10.3 Å². The van der Waals surface area contributed by atoms with E-state index in [-0.39, 0.29) is 5.91 Å². The van der Waals surface area contributed by atoms with E-state index in [0.717, 1.165) is 10.9 Å². The van der Waals surface area contributed by atoms with Gasteiger partial charge in [0.05, 0.1) is 16.4 Å². The average molecular weight is 271 g/mol. The van der Waals surface area contributed by atoms with Gasteiger partial charge in [-0.25, -0.2) is 4.98 Å². The molecule has 2 aromatic heterocycles. The van der Waals surface area contributed by atoms with Gasteiger partial charge in [0.1, 0.15) is 0 Å². The van der Waals surface area contributed by atoms with Crippen LogP contribution in [-0.4, -0.2) is 10.9 Å². The van der Waals surface area contributed by atoms with Crippen LogP contribution in [0.15, 0.2) is 30.5 Å². The summed E-state index contributed by atoms with van der Waals surface area (Å²) in [6, 6.07) is 6.15. The van der Waals surface area contributed by atoms with Crippen molar-refractivity contribution in [2.75, 3.05) is 0 Å². The lowest BCUT2D eigenvalue weighted by Crippen LogP contribution is -2.22. The van der Waals surface area contributed by atoms with Crippen LogP contribution in [0.25, 0.3) is 0 Å². The van der Waals surface area contributed by atoms with Crippen molar-refractivity contribution in [2.24, 2.45) is 0 Å². The molecule has 88 valence electrons. The van der Waals surface area contributed by atoms with Crippen molar-refractivity contribution in [2.45, 2.75) is 6.54 Å². The van der Waals surface area contributed by atoms with Crippen LogP contribution in [0.4, 0.5) is 4.39 Å². The molecule has 6 heteroatoms. The third kappa shape index (κ3) is 3.25. The molecular weight excluding hydrogens is 263 g/mol. The normalized spacial score (nSPS) is 10.2. The largest absolute Gasteiger partial charge is 0.347 e. The van der Waals surface area contributed by atoms with Crippen molar-refractivity contribution >= 4 is 28.8 Å². The number of hydrogen-bond acceptors (Lipinski definition) is 3. The Balaban J connectivity index is 1.95. The number of carbonyl (C=O) groups is 1. The molecule has 0 saturated carbocycles. The zero-order valence-corrected chi connectivity index (χ0v) is 10.2. The molecule has 0 spiro atoms. The minimum absolute atomic E-state index is 0.290. The lowest BCUT2D eigenvalue weighted by atomic mass is 10.2. The maximum atomic E-state index is 12.5. The summed E-state index contributed by atoms with van der Waals surface area (Å²) in [5.41, 5.74) is 0.328. The SMILES string of the molecule is O=C(NCc1ccc(Cl)s1)c1ccc(F)nc1. The van der Waals surface area contributed by atoms with Crippen LogP contribution in [0.2, 0.25) is 4.34 Å². The zero-order valence-electron chi connectivity index (χ0n) is 8.61. The van der Waals surface area contributed by atoms with Crippen molar-refractivity contribution in [3.8, 4) is 0 Å². The van der Waals surface area contributed by atoms with Crippen LogP contribution >= 0.6 is 22.9 Å². The summed E-state index contributed by atoms with van der Waals surface area (Å²) < 4.78 is 13.2. The number of carbonyl (C=O) groups excluding carboxylic acids is 1. The van der Waals surface area contributed by atoms with Gasteiger partial charge in [-0.05, 0) is 24.3 Å². The fourth-order valence-electron chi connectivity index (χ4n) is 1.23. The Kier molecular flexibility index (Phi) is 3.71. The van der Waals surface area contributed by atoms with Gasteiger partial charge >= 0.3 is 0 Å². The monoisotopic (exact) mass is 270 g/mol. The van der Waals surface area contributed by atoms with E-state index in [1.165, 1.54) is 23.6 Å². The van der Waals surface area contributed by atoms with E-state index in [4.69, 9.17) is 11.6 Å². The second kappa shape index (κ2) is 5.25. The van der Waals surface area contributed by atoms with Crippen molar-refractivity contribution in [3.05, 3.63) is 51.2 Å². The highest BCUT2D eigenvalue weighted by atomic mass is 35.5. The predicted molar refractivity (Wildman–Crippen MR) is 64.7 cm³/mol. The number of thiophene rings is 1. The molecule has 0 unspecified atom stereocenters. The molecule has 0 aromatic carbocycles. The summed E-state index contributed by atoms with van der Waals surface area (Å²) in [5.74, 6) is -0.895. The van der Waals surface area contributed by atoms with Gasteiger partial charge in [-0.1, -0.05) is 11.6 Å². The molecule has 3 nitrogen and oxygen atoms in total. The van der Waals surface area contributed by atoms with E-state index >= 15 is 0 Å². The van der Waals surface area contributed by atoms with Gasteiger partial charge in [-0.15, -0.1) is 11.3 Å². The predicted octanol–water partition coefficient (Wildman–Crippen LogP) is 2.87. The molecule has 0 bridgehead atoms. The second-order valence-electron chi connectivity index (χ2n) is 3.26. The Hall–Kier alpha value is -1.46. The maximum absolute atomic E-state index is 12.5. The topological polar surface area (TPSA) is 42.0 Å². The van der Waals surface area contributed by atoms with Gasteiger partial charge in [0.2, 0.25) is 5.95 Å². The van der Waals surface area contributed by atoms with E-state index in [1.807, 2.05) is 6.07 Å². The highest BCUT2D eigenvalue weighted by Gasteiger charge is 2.06. The molecule has 2 rings (SSSR count). The van der Waals surface area contributed by atoms with Crippen LogP contribution in [-0.2, 0) is 6.54 Å². The molecule has 1 N–H and O–H groups in total. The molecule has 2 aromatic rings. The lowest BCUT2D eigenvalue weighted by Gasteiger charge is -2.02. The van der Waals surface area contributed by atoms with E-state index in [2.05, 4.69) is 10.3 Å². The quantitative estimate of drug-likeness (QED) is 0.872. The smallest absolute Gasteiger partial charge is 0.253 e. The summed E-state index contributed by atoms with van der Waals surface area (Å²) in [4.78, 5) is 16.0. The number of hydrogen-bond donors (Lipinski definition) is 1. The number of nitrogens with one attached hydrogen (secondary N) is 1. The summed E-state index contributed by atoms with van der Waals surface area (Å²) >= 11 is 7.17. The van der Waals surface area contributed by atoms with E-state index in [9.17, 15) is 9.18 Å². The molecular formula is C11H8ClFN2OS. The van der Waals surface area contributed by atoms with Crippen LogP contribution in [0.5, 0.6) is 0 Å². The van der Waals surface area contributed by atoms with E-state index in [0.29, 0.717) is 16.4 Å². The number of aromatic nitrogens is 1. The maximum Gasteiger partial charge on any atom is 0.253 e. The third-order valence-corrected chi connectivity index (χ3v) is 3.27. The van der Waals surface area contributed by atoms with Gasteiger partial charge in [0.15, 0.2) is 0 Å². The van der Waals surface area contributed by atoms with Crippen molar-refractivity contribution in [1.29, 1.82) is 0 Å². The summed E-state index contributed by atoms with van der Waals surface area (Å²) in [6.07, 6.45) is 1.20. The second-order valence-corrected chi connectivity index (χ2v) is 5.06. The van der Waals surface area contributed by atoms with Gasteiger partial charge < -0.3 is 5.32 Å². The first-order chi connectivity index (χ1) is 8.15. The highest BCUT2D eigenvalue weighted by molar-refractivity contribution is 7.16. The Morgan fingerprint density at radius 1 is 1.41 bits per heavy atom. The van der Waals surface area contributed by atoms with Gasteiger partial charge in [-0.2, -0.15) is 4.39 Å². The molecule has 0 atom stereocenters. The minimum atomic E-state index is -0.605. The Bertz CT molecular complexity index is 527. The van der Waals surface area contributed by atoms with E-state index < -0.39 is 5.95 Å². The Morgan fingerprint density at radius 3 is 2.82 bits per heavy atom. The first-order valence-electron chi connectivity index (χ1n) is 4.79. The highest BCUT2D eigenvalue weighted by Crippen LogP contribution is 2.21. The molecule has 1 amide bonds. The average Bonchev–Trinajstić information content (AvgIpc) is 2.73. The van der Waals surface area contributed by atoms with Crippen molar-refractivity contribution < 1.29 is 9.18 Å². The lowest BCUT2D eigenvalue weighted by molar-refractivity contribution is 0.0951. The van der Waals surface area contributed by atoms with Gasteiger partial charge in [0, 0.05) is 11.1 Å². The molecule has 2 heterocycles. The number of nitrogens with zero attached hydrogens (tertiary/aromatic N) is 1. The summed E-state index contributed by atoms with van der Waals surface area (Å²) in [5, 5.41) is 2.70. The molecule has 0 aliphatic heterocycles. The minimum Gasteiger partial charge on any atom is -0.347 e. The van der Waals surface area contributed by atoms with Crippen LogP contribution in [0.1, 0.15) is 15.2 Å². The van der Waals surface area contributed by atoms with Crippen molar-refractivity contribution in [3.63, 3.8) is 0 Å². The summed E-state index contributed by atoms with van der Waals surface area (Å²) in [7, 11) is 0. The Labute approximate surface area is 106 Å². The van der Waals surface area contributed by atoms with Crippen LogP contribution < -0.4 is 5.32 Å². The number of rotatable bonds is 3.